The molecule has 2 N–H and O–H groups in total. The predicted octanol–water partition coefficient (Wildman–Crippen LogP) is 3.06. The van der Waals surface area contributed by atoms with Gasteiger partial charge < -0.3 is 10.5 Å². The summed E-state index contributed by atoms with van der Waals surface area (Å²) in [5.74, 6) is -0.831. The van der Waals surface area contributed by atoms with Gasteiger partial charge in [0.1, 0.15) is 11.5 Å². The van der Waals surface area contributed by atoms with E-state index in [2.05, 4.69) is 20.2 Å². The molecule has 1 aliphatic rings. The maximum atomic E-state index is 12.5. The smallest absolute Gasteiger partial charge is 0.322 e. The van der Waals surface area contributed by atoms with E-state index in [9.17, 15) is 9.59 Å². The number of primary amides is 1. The van der Waals surface area contributed by atoms with E-state index in [-0.39, 0.29) is 18.9 Å². The molecule has 4 aromatic rings. The second-order valence-corrected chi connectivity index (χ2v) is 9.40. The van der Waals surface area contributed by atoms with Crippen molar-refractivity contribution in [2.24, 2.45) is 18.2 Å². The lowest BCUT2D eigenvalue weighted by Crippen LogP contribution is -2.47. The molecule has 1 saturated carbocycles. The molecule has 0 atom stereocenters. The van der Waals surface area contributed by atoms with Crippen LogP contribution in [0.4, 0.5) is 0 Å². The van der Waals surface area contributed by atoms with Crippen LogP contribution in [0.1, 0.15) is 31.7 Å². The quantitative estimate of drug-likeness (QED) is 0.294. The van der Waals surface area contributed by atoms with Crippen LogP contribution in [0.2, 0.25) is 0 Å². The Bertz CT molecular complexity index is 1510. The van der Waals surface area contributed by atoms with Crippen molar-refractivity contribution in [2.45, 2.75) is 31.7 Å². The van der Waals surface area contributed by atoms with Crippen LogP contribution in [-0.2, 0) is 21.4 Å². The molecular weight excluding hydrogens is 484 g/mol. The molecule has 11 heteroatoms. The van der Waals surface area contributed by atoms with Crippen molar-refractivity contribution >= 4 is 11.9 Å². The van der Waals surface area contributed by atoms with Crippen LogP contribution >= 0.6 is 0 Å². The molecule has 1 fully saturated rings. The second kappa shape index (κ2) is 10.3. The highest BCUT2D eigenvalue weighted by molar-refractivity contribution is 6.02. The fourth-order valence-electron chi connectivity index (χ4n) is 4.87. The third-order valence-electron chi connectivity index (χ3n) is 7.06. The first-order valence-corrected chi connectivity index (χ1v) is 12.2. The number of amides is 1. The minimum absolute atomic E-state index is 0.00426. The molecule has 3 aromatic heterocycles. The van der Waals surface area contributed by atoms with Gasteiger partial charge in [-0.15, -0.1) is 0 Å². The van der Waals surface area contributed by atoms with Crippen molar-refractivity contribution < 1.29 is 14.3 Å². The van der Waals surface area contributed by atoms with Gasteiger partial charge in [-0.2, -0.15) is 15.5 Å². The Morgan fingerprint density at radius 2 is 1.71 bits per heavy atom. The number of nitrogens with zero attached hydrogens (tertiary/aromatic N) is 7. The summed E-state index contributed by atoms with van der Waals surface area (Å²) in [6.45, 7) is -0.406. The molecule has 192 valence electrons. The average molecular weight is 511 g/mol. The van der Waals surface area contributed by atoms with Gasteiger partial charge in [-0.05, 0) is 37.3 Å². The zero-order chi connectivity index (χ0) is 26.7. The van der Waals surface area contributed by atoms with Crippen molar-refractivity contribution in [1.82, 2.24) is 29.5 Å². The van der Waals surface area contributed by atoms with E-state index in [1.165, 1.54) is 0 Å². The number of carbonyl (C=O) groups is 2. The van der Waals surface area contributed by atoms with Crippen LogP contribution in [0.25, 0.3) is 33.6 Å². The number of hydrogen-bond acceptors (Lipinski definition) is 8. The van der Waals surface area contributed by atoms with Crippen LogP contribution in [0.15, 0.2) is 61.4 Å². The van der Waals surface area contributed by atoms with E-state index in [0.717, 1.165) is 27.8 Å². The predicted molar refractivity (Wildman–Crippen MR) is 137 cm³/mol. The van der Waals surface area contributed by atoms with E-state index in [1.54, 1.807) is 29.3 Å². The third kappa shape index (κ3) is 4.76. The number of esters is 1. The molecule has 11 nitrogen and oxygen atoms in total. The molecule has 0 radical (unpaired) electrons. The van der Waals surface area contributed by atoms with E-state index < -0.39 is 23.9 Å². The van der Waals surface area contributed by atoms with Crippen molar-refractivity contribution in [1.29, 1.82) is 5.26 Å². The van der Waals surface area contributed by atoms with Crippen molar-refractivity contribution in [3.8, 4) is 39.7 Å². The van der Waals surface area contributed by atoms with E-state index >= 15 is 0 Å². The highest BCUT2D eigenvalue weighted by Crippen LogP contribution is 2.42. The van der Waals surface area contributed by atoms with Crippen molar-refractivity contribution in [3.05, 3.63) is 61.4 Å². The van der Waals surface area contributed by atoms with E-state index in [0.29, 0.717) is 18.7 Å². The fraction of sp³-hybridized carbons (Fsp3) is 0.296. The van der Waals surface area contributed by atoms with Crippen molar-refractivity contribution in [3.63, 3.8) is 0 Å². The van der Waals surface area contributed by atoms with Crippen LogP contribution in [0.3, 0.4) is 0 Å². The molecule has 1 amide bonds. The normalized spacial score (nSPS) is 19.0. The Hall–Kier alpha value is -4.85. The highest BCUT2D eigenvalue weighted by atomic mass is 16.5. The number of carbonyl (C=O) groups excluding carboxylic acids is 2. The highest BCUT2D eigenvalue weighted by Gasteiger charge is 2.48. The monoisotopic (exact) mass is 510 g/mol. The minimum atomic E-state index is -1.40. The molecular formula is C27H26N8O3. The lowest BCUT2D eigenvalue weighted by molar-refractivity contribution is -0.162. The van der Waals surface area contributed by atoms with Crippen LogP contribution in [0.5, 0.6) is 0 Å². The Labute approximate surface area is 218 Å². The number of aromatic nitrogens is 6. The summed E-state index contributed by atoms with van der Waals surface area (Å²) in [4.78, 5) is 33.7. The van der Waals surface area contributed by atoms with Gasteiger partial charge in [0.2, 0.25) is 5.91 Å². The second-order valence-electron chi connectivity index (χ2n) is 9.40. The lowest BCUT2D eigenvalue weighted by Gasteiger charge is -2.35. The Kier molecular flexibility index (Phi) is 6.70. The first-order chi connectivity index (χ1) is 18.4. The van der Waals surface area contributed by atoms with E-state index in [1.807, 2.05) is 54.6 Å². The molecule has 38 heavy (non-hydrogen) atoms. The van der Waals surface area contributed by atoms with Gasteiger partial charge in [0.05, 0.1) is 18.4 Å². The van der Waals surface area contributed by atoms with Gasteiger partial charge in [-0.25, -0.2) is 9.97 Å². The molecule has 0 unspecified atom stereocenters. The van der Waals surface area contributed by atoms with E-state index in [4.69, 9.17) is 15.7 Å². The topological polar surface area (TPSA) is 155 Å². The number of benzene rings is 1. The first kappa shape index (κ1) is 24.8. The molecule has 3 heterocycles. The van der Waals surface area contributed by atoms with Gasteiger partial charge in [0.25, 0.3) is 0 Å². The maximum absolute atomic E-state index is 12.5. The summed E-state index contributed by atoms with van der Waals surface area (Å²) in [6.07, 6.45) is 12.5. The summed E-state index contributed by atoms with van der Waals surface area (Å²) in [7, 11) is 1.88. The Morgan fingerprint density at radius 3 is 2.37 bits per heavy atom. The Morgan fingerprint density at radius 1 is 1.03 bits per heavy atom. The van der Waals surface area contributed by atoms with Gasteiger partial charge in [0, 0.05) is 54.1 Å². The van der Waals surface area contributed by atoms with Gasteiger partial charge in [-0.1, -0.05) is 18.2 Å². The zero-order valence-electron chi connectivity index (χ0n) is 20.8. The number of nitriles is 1. The molecule has 5 rings (SSSR count). The molecule has 1 aliphatic carbocycles. The summed E-state index contributed by atoms with van der Waals surface area (Å²) in [5, 5.41) is 17.4. The zero-order valence-corrected chi connectivity index (χ0v) is 20.8. The molecule has 0 spiro atoms. The molecule has 0 saturated heterocycles. The Balaban J connectivity index is 1.28. The summed E-state index contributed by atoms with van der Waals surface area (Å²) in [5.41, 5.74) is 8.82. The minimum Gasteiger partial charge on any atom is -0.449 e. The standard InChI is InChI=1S/C27H26N8O3/c1-34-16-21(14-32-34)18-3-2-4-19(11-18)24-30-12-20(13-31-24)22-15-33-35(17-22)23-5-7-27(8-6-23,25(29)36)26(37)38-10-9-28/h2-4,11-17,23H,5-8,10H2,1H3,(H2,29,36). The number of ether oxygens (including phenoxy) is 1. The number of rotatable bonds is 7. The average Bonchev–Trinajstić information content (AvgIpc) is 3.61. The van der Waals surface area contributed by atoms with Gasteiger partial charge >= 0.3 is 5.97 Å². The number of hydrogen-bond donors (Lipinski definition) is 1. The maximum Gasteiger partial charge on any atom is 0.322 e. The largest absolute Gasteiger partial charge is 0.449 e. The summed E-state index contributed by atoms with van der Waals surface area (Å²) >= 11 is 0. The van der Waals surface area contributed by atoms with Crippen LogP contribution < -0.4 is 5.73 Å². The summed E-state index contributed by atoms with van der Waals surface area (Å²) < 4.78 is 8.53. The first-order valence-electron chi connectivity index (χ1n) is 12.2. The number of nitrogens with two attached hydrogens (primary N) is 1. The van der Waals surface area contributed by atoms with Crippen molar-refractivity contribution in [2.75, 3.05) is 6.61 Å². The fourth-order valence-corrected chi connectivity index (χ4v) is 4.87. The van der Waals surface area contributed by atoms with Crippen LogP contribution in [0, 0.1) is 16.7 Å². The van der Waals surface area contributed by atoms with Crippen LogP contribution in [-0.4, -0.2) is 48.0 Å². The van der Waals surface area contributed by atoms with Gasteiger partial charge in [-0.3, -0.25) is 19.0 Å². The summed E-state index contributed by atoms with van der Waals surface area (Å²) in [6, 6.07) is 9.75. The third-order valence-corrected chi connectivity index (χ3v) is 7.06. The molecule has 0 aliphatic heterocycles. The molecule has 1 aromatic carbocycles. The molecule has 0 bridgehead atoms. The van der Waals surface area contributed by atoms with Gasteiger partial charge in [0.15, 0.2) is 12.4 Å². The SMILES string of the molecule is Cn1cc(-c2cccc(-c3ncc(-c4cnn(C5CCC(C(N)=O)(C(=O)OCC#N)CC5)c4)cn3)c2)cn1. The lowest BCUT2D eigenvalue weighted by atomic mass is 9.72. The number of aryl methyl sites for hydroxylation is 1.